The number of nitrogens with zero attached hydrogens (tertiary/aromatic N) is 1. The monoisotopic (exact) mass is 306 g/mol. The third-order valence-corrected chi connectivity index (χ3v) is 4.35. The average molecular weight is 306 g/mol. The number of benzene rings is 1. The minimum atomic E-state index is -3.68. The van der Waals surface area contributed by atoms with Gasteiger partial charge < -0.3 is 9.47 Å². The maximum atomic E-state index is 12.4. The first-order chi connectivity index (χ1) is 10.0. The smallest absolute Gasteiger partial charge is 0.262 e. The van der Waals surface area contributed by atoms with Gasteiger partial charge in [-0.3, -0.25) is 9.71 Å². The second-order valence-corrected chi connectivity index (χ2v) is 6.28. The number of aromatic nitrogens is 1. The van der Waals surface area contributed by atoms with E-state index >= 15 is 0 Å². The van der Waals surface area contributed by atoms with Crippen molar-refractivity contribution in [3.63, 3.8) is 0 Å². The van der Waals surface area contributed by atoms with Crippen LogP contribution in [0.3, 0.4) is 0 Å². The standard InChI is InChI=1S/C14H14N2O4S/c1-10-8-11(4-5-15-10)16-21(17,18)12-2-3-13-14(9-12)20-7-6-19-13/h2-5,8-9H,6-7H2,1H3,(H,15,16). The minimum Gasteiger partial charge on any atom is -0.486 e. The highest BCUT2D eigenvalue weighted by molar-refractivity contribution is 7.92. The normalized spacial score (nSPS) is 13.8. The van der Waals surface area contributed by atoms with E-state index < -0.39 is 10.0 Å². The number of rotatable bonds is 3. The van der Waals surface area contributed by atoms with Crippen molar-refractivity contribution in [3.8, 4) is 11.5 Å². The van der Waals surface area contributed by atoms with Gasteiger partial charge in [0.15, 0.2) is 11.5 Å². The van der Waals surface area contributed by atoms with Crippen LogP contribution >= 0.6 is 0 Å². The van der Waals surface area contributed by atoms with Gasteiger partial charge in [-0.2, -0.15) is 0 Å². The Bertz CT molecular complexity index is 774. The van der Waals surface area contributed by atoms with Crippen molar-refractivity contribution in [2.45, 2.75) is 11.8 Å². The molecule has 1 aliphatic rings. The summed E-state index contributed by atoms with van der Waals surface area (Å²) in [6, 6.07) is 7.81. The molecule has 6 nitrogen and oxygen atoms in total. The Labute approximate surface area is 122 Å². The number of hydrogen-bond acceptors (Lipinski definition) is 5. The SMILES string of the molecule is Cc1cc(NS(=O)(=O)c2ccc3c(c2)OCCO3)ccn1. The molecule has 0 bridgehead atoms. The third-order valence-electron chi connectivity index (χ3n) is 2.97. The van der Waals surface area contributed by atoms with Crippen LogP contribution in [-0.2, 0) is 10.0 Å². The fourth-order valence-corrected chi connectivity index (χ4v) is 3.08. The largest absolute Gasteiger partial charge is 0.486 e. The van der Waals surface area contributed by atoms with E-state index in [1.54, 1.807) is 31.3 Å². The second kappa shape index (κ2) is 5.25. The number of ether oxygens (including phenoxy) is 2. The third kappa shape index (κ3) is 2.92. The van der Waals surface area contributed by atoms with Crippen LogP contribution < -0.4 is 14.2 Å². The number of fused-ring (bicyclic) bond motifs is 1. The Kier molecular flexibility index (Phi) is 3.42. The topological polar surface area (TPSA) is 77.5 Å². The average Bonchev–Trinajstić information content (AvgIpc) is 2.46. The summed E-state index contributed by atoms with van der Waals surface area (Å²) < 4.78 is 38.0. The first kappa shape index (κ1) is 13.7. The summed E-state index contributed by atoms with van der Waals surface area (Å²) in [6.45, 7) is 2.67. The molecule has 0 saturated carbocycles. The van der Waals surface area contributed by atoms with Gasteiger partial charge in [-0.25, -0.2) is 8.42 Å². The minimum absolute atomic E-state index is 0.126. The Morgan fingerprint density at radius 2 is 1.86 bits per heavy atom. The molecule has 0 radical (unpaired) electrons. The molecule has 7 heteroatoms. The molecule has 2 heterocycles. The summed E-state index contributed by atoms with van der Waals surface area (Å²) in [5.41, 5.74) is 1.20. The molecule has 0 amide bonds. The van der Waals surface area contributed by atoms with Crippen LogP contribution in [-0.4, -0.2) is 26.6 Å². The van der Waals surface area contributed by atoms with Gasteiger partial charge in [-0.15, -0.1) is 0 Å². The maximum absolute atomic E-state index is 12.4. The van der Waals surface area contributed by atoms with Gasteiger partial charge >= 0.3 is 0 Å². The van der Waals surface area contributed by atoms with Crippen LogP contribution in [0.1, 0.15) is 5.69 Å². The number of pyridine rings is 1. The van der Waals surface area contributed by atoms with Crippen LogP contribution in [0, 0.1) is 6.92 Å². The predicted octanol–water partition coefficient (Wildman–Crippen LogP) is 1.96. The zero-order valence-corrected chi connectivity index (χ0v) is 12.2. The van der Waals surface area contributed by atoms with Gasteiger partial charge in [-0.05, 0) is 31.2 Å². The van der Waals surface area contributed by atoms with Crippen molar-refractivity contribution in [1.82, 2.24) is 4.98 Å². The quantitative estimate of drug-likeness (QED) is 0.938. The summed E-state index contributed by atoms with van der Waals surface area (Å²) in [4.78, 5) is 4.16. The van der Waals surface area contributed by atoms with E-state index in [1.807, 2.05) is 0 Å². The zero-order chi connectivity index (χ0) is 14.9. The highest BCUT2D eigenvalue weighted by atomic mass is 32.2. The van der Waals surface area contributed by atoms with E-state index in [9.17, 15) is 8.42 Å². The predicted molar refractivity (Wildman–Crippen MR) is 77.2 cm³/mol. The van der Waals surface area contributed by atoms with E-state index in [1.165, 1.54) is 12.1 Å². The fourth-order valence-electron chi connectivity index (χ4n) is 2.01. The lowest BCUT2D eigenvalue weighted by atomic mass is 10.3. The molecule has 1 aromatic carbocycles. The van der Waals surface area contributed by atoms with Gasteiger partial charge in [-0.1, -0.05) is 0 Å². The molecule has 0 spiro atoms. The van der Waals surface area contributed by atoms with Crippen molar-refractivity contribution in [2.75, 3.05) is 17.9 Å². The summed E-state index contributed by atoms with van der Waals surface area (Å²) in [6.07, 6.45) is 1.55. The lowest BCUT2D eigenvalue weighted by molar-refractivity contribution is 0.171. The van der Waals surface area contributed by atoms with Gasteiger partial charge in [0.1, 0.15) is 13.2 Å². The molecular weight excluding hydrogens is 292 g/mol. The fraction of sp³-hybridized carbons (Fsp3) is 0.214. The molecule has 110 valence electrons. The molecular formula is C14H14N2O4S. The molecule has 1 aromatic heterocycles. The number of sulfonamides is 1. The summed E-state index contributed by atoms with van der Waals surface area (Å²) in [5.74, 6) is 0.995. The maximum Gasteiger partial charge on any atom is 0.262 e. The van der Waals surface area contributed by atoms with Crippen molar-refractivity contribution < 1.29 is 17.9 Å². The molecule has 3 rings (SSSR count). The highest BCUT2D eigenvalue weighted by Crippen LogP contribution is 2.32. The molecule has 0 atom stereocenters. The molecule has 1 N–H and O–H groups in total. The van der Waals surface area contributed by atoms with Gasteiger partial charge in [0, 0.05) is 18.0 Å². The Balaban J connectivity index is 1.91. The summed E-state index contributed by atoms with van der Waals surface area (Å²) in [5, 5.41) is 0. The lowest BCUT2D eigenvalue weighted by Crippen LogP contribution is -2.17. The molecule has 0 saturated heterocycles. The molecule has 1 aliphatic heterocycles. The van der Waals surface area contributed by atoms with Gasteiger partial charge in [0.25, 0.3) is 10.0 Å². The Hall–Kier alpha value is -2.28. The van der Waals surface area contributed by atoms with Crippen LogP contribution in [0.15, 0.2) is 41.4 Å². The van der Waals surface area contributed by atoms with Gasteiger partial charge in [0.2, 0.25) is 0 Å². The molecule has 2 aromatic rings. The molecule has 0 fully saturated rings. The Morgan fingerprint density at radius 3 is 2.62 bits per heavy atom. The second-order valence-electron chi connectivity index (χ2n) is 4.60. The van der Waals surface area contributed by atoms with Crippen LogP contribution in [0.25, 0.3) is 0 Å². The van der Waals surface area contributed by atoms with Crippen molar-refractivity contribution >= 4 is 15.7 Å². The van der Waals surface area contributed by atoms with E-state index in [-0.39, 0.29) is 4.90 Å². The lowest BCUT2D eigenvalue weighted by Gasteiger charge is -2.19. The summed E-state index contributed by atoms with van der Waals surface area (Å²) >= 11 is 0. The highest BCUT2D eigenvalue weighted by Gasteiger charge is 2.19. The first-order valence-corrected chi connectivity index (χ1v) is 7.88. The number of hydrogen-bond donors (Lipinski definition) is 1. The van der Waals surface area contributed by atoms with Crippen molar-refractivity contribution in [3.05, 3.63) is 42.2 Å². The molecule has 21 heavy (non-hydrogen) atoms. The zero-order valence-electron chi connectivity index (χ0n) is 11.4. The molecule has 0 unspecified atom stereocenters. The van der Waals surface area contributed by atoms with Crippen LogP contribution in [0.4, 0.5) is 5.69 Å². The van der Waals surface area contributed by atoms with Crippen LogP contribution in [0.5, 0.6) is 11.5 Å². The number of nitrogens with one attached hydrogen (secondary N) is 1. The van der Waals surface area contributed by atoms with Crippen LogP contribution in [0.2, 0.25) is 0 Å². The van der Waals surface area contributed by atoms with E-state index in [4.69, 9.17) is 9.47 Å². The Morgan fingerprint density at radius 1 is 1.10 bits per heavy atom. The van der Waals surface area contributed by atoms with Crippen molar-refractivity contribution in [2.24, 2.45) is 0 Å². The van der Waals surface area contributed by atoms with Gasteiger partial charge in [0.05, 0.1) is 10.6 Å². The number of aryl methyl sites for hydroxylation is 1. The summed E-state index contributed by atoms with van der Waals surface area (Å²) in [7, 11) is -3.68. The number of anilines is 1. The van der Waals surface area contributed by atoms with E-state index in [0.717, 1.165) is 5.69 Å². The van der Waals surface area contributed by atoms with Crippen molar-refractivity contribution in [1.29, 1.82) is 0 Å². The van der Waals surface area contributed by atoms with E-state index in [2.05, 4.69) is 9.71 Å². The van der Waals surface area contributed by atoms with E-state index in [0.29, 0.717) is 30.4 Å². The molecule has 0 aliphatic carbocycles. The first-order valence-electron chi connectivity index (χ1n) is 6.40.